The minimum absolute atomic E-state index is 0.154. The van der Waals surface area contributed by atoms with E-state index in [9.17, 15) is 9.59 Å². The van der Waals surface area contributed by atoms with Gasteiger partial charge in [-0.15, -0.1) is 0 Å². The van der Waals surface area contributed by atoms with Crippen molar-refractivity contribution >= 4 is 23.6 Å². The Balaban J connectivity index is 1.95. The molecule has 1 aliphatic heterocycles. The molecule has 1 aliphatic carbocycles. The molecule has 4 nitrogen and oxygen atoms in total. The molecule has 0 aromatic rings. The molecule has 0 spiro atoms. The minimum Gasteiger partial charge on any atom is -0.481 e. The molecule has 102 valence electrons. The fraction of sp³-hybridized carbons (Fsp3) is 0.846. The number of thioether (sulfide) groups is 1. The highest BCUT2D eigenvalue weighted by atomic mass is 32.2. The second-order valence-electron chi connectivity index (χ2n) is 5.45. The number of nitrogens with zero attached hydrogens (tertiary/aromatic N) is 1. The molecule has 2 aliphatic rings. The molecule has 5 heteroatoms. The van der Waals surface area contributed by atoms with Gasteiger partial charge < -0.3 is 10.0 Å². The maximum Gasteiger partial charge on any atom is 0.303 e. The van der Waals surface area contributed by atoms with Gasteiger partial charge in [0, 0.05) is 31.0 Å². The monoisotopic (exact) mass is 271 g/mol. The van der Waals surface area contributed by atoms with Crippen LogP contribution in [0.3, 0.4) is 0 Å². The highest BCUT2D eigenvalue weighted by molar-refractivity contribution is 7.99. The first-order chi connectivity index (χ1) is 8.61. The fourth-order valence-corrected chi connectivity index (χ4v) is 4.01. The summed E-state index contributed by atoms with van der Waals surface area (Å²) in [6, 6.07) is 0. The highest BCUT2D eigenvalue weighted by Crippen LogP contribution is 2.44. The van der Waals surface area contributed by atoms with Gasteiger partial charge in [-0.25, -0.2) is 0 Å². The summed E-state index contributed by atoms with van der Waals surface area (Å²) in [5.74, 6) is 1.42. The van der Waals surface area contributed by atoms with Crippen LogP contribution in [0.15, 0.2) is 0 Å². The second-order valence-corrected chi connectivity index (χ2v) is 6.67. The summed E-state index contributed by atoms with van der Waals surface area (Å²) >= 11 is 1.88. The van der Waals surface area contributed by atoms with E-state index in [2.05, 4.69) is 0 Å². The van der Waals surface area contributed by atoms with Gasteiger partial charge in [0.2, 0.25) is 5.91 Å². The molecule has 1 saturated heterocycles. The number of amides is 1. The lowest BCUT2D eigenvalue weighted by Gasteiger charge is -2.32. The van der Waals surface area contributed by atoms with Crippen molar-refractivity contribution in [3.63, 3.8) is 0 Å². The van der Waals surface area contributed by atoms with E-state index in [1.807, 2.05) is 16.7 Å². The van der Waals surface area contributed by atoms with Crippen LogP contribution in [0.5, 0.6) is 0 Å². The van der Waals surface area contributed by atoms with Crippen molar-refractivity contribution in [2.75, 3.05) is 24.6 Å². The molecule has 2 fully saturated rings. The lowest BCUT2D eigenvalue weighted by atomic mass is 9.79. The first-order valence-electron chi connectivity index (χ1n) is 6.69. The Kier molecular flexibility index (Phi) is 4.54. The van der Waals surface area contributed by atoms with Crippen molar-refractivity contribution in [3.8, 4) is 0 Å². The van der Waals surface area contributed by atoms with Gasteiger partial charge in [-0.05, 0) is 18.3 Å². The number of carbonyl (C=O) groups excluding carboxylic acids is 1. The van der Waals surface area contributed by atoms with E-state index in [1.54, 1.807) is 0 Å². The van der Waals surface area contributed by atoms with Crippen LogP contribution in [0.4, 0.5) is 0 Å². The molecule has 1 saturated carbocycles. The molecular formula is C13H21NO3S. The molecule has 2 rings (SSSR count). The average molecular weight is 271 g/mol. The predicted octanol–water partition coefficient (Wildman–Crippen LogP) is 1.99. The Morgan fingerprint density at radius 3 is 2.28 bits per heavy atom. The van der Waals surface area contributed by atoms with E-state index in [1.165, 1.54) is 0 Å². The highest BCUT2D eigenvalue weighted by Gasteiger charge is 2.39. The summed E-state index contributed by atoms with van der Waals surface area (Å²) in [4.78, 5) is 25.2. The SMILES string of the molecule is O=C(O)CC1(CC(=O)N2CCSCC2)CCCC1. The van der Waals surface area contributed by atoms with Crippen molar-refractivity contribution in [2.45, 2.75) is 38.5 Å². The Labute approximate surface area is 112 Å². The summed E-state index contributed by atoms with van der Waals surface area (Å²) in [5.41, 5.74) is -0.256. The molecule has 18 heavy (non-hydrogen) atoms. The number of hydrogen-bond acceptors (Lipinski definition) is 3. The molecule has 0 radical (unpaired) electrons. The maximum absolute atomic E-state index is 12.3. The third-order valence-corrected chi connectivity index (χ3v) is 5.02. The number of hydrogen-bond donors (Lipinski definition) is 1. The first-order valence-corrected chi connectivity index (χ1v) is 7.84. The summed E-state index contributed by atoms with van der Waals surface area (Å²) in [7, 11) is 0. The van der Waals surface area contributed by atoms with E-state index in [0.717, 1.165) is 50.3 Å². The van der Waals surface area contributed by atoms with Crippen LogP contribution in [-0.4, -0.2) is 46.5 Å². The molecule has 0 unspecified atom stereocenters. The Hall–Kier alpha value is -0.710. The molecule has 1 amide bonds. The second kappa shape index (κ2) is 5.95. The number of carbonyl (C=O) groups is 2. The number of rotatable bonds is 4. The molecule has 1 heterocycles. The lowest BCUT2D eigenvalue weighted by Crippen LogP contribution is -2.40. The van der Waals surface area contributed by atoms with Crippen LogP contribution in [0.25, 0.3) is 0 Å². The van der Waals surface area contributed by atoms with E-state index in [4.69, 9.17) is 5.11 Å². The normalized spacial score (nSPS) is 23.0. The van der Waals surface area contributed by atoms with Gasteiger partial charge in [0.1, 0.15) is 0 Å². The summed E-state index contributed by atoms with van der Waals surface area (Å²) in [6.45, 7) is 1.65. The smallest absolute Gasteiger partial charge is 0.303 e. The van der Waals surface area contributed by atoms with Gasteiger partial charge >= 0.3 is 5.97 Å². The number of carboxylic acids is 1. The topological polar surface area (TPSA) is 57.6 Å². The molecule has 0 atom stereocenters. The summed E-state index contributed by atoms with van der Waals surface area (Å²) < 4.78 is 0. The van der Waals surface area contributed by atoms with Crippen molar-refractivity contribution in [2.24, 2.45) is 5.41 Å². The van der Waals surface area contributed by atoms with Crippen molar-refractivity contribution in [1.29, 1.82) is 0 Å². The fourth-order valence-electron chi connectivity index (χ4n) is 3.11. The van der Waals surface area contributed by atoms with Crippen molar-refractivity contribution < 1.29 is 14.7 Å². The van der Waals surface area contributed by atoms with Crippen LogP contribution in [0.2, 0.25) is 0 Å². The van der Waals surface area contributed by atoms with Crippen LogP contribution in [0, 0.1) is 5.41 Å². The third kappa shape index (κ3) is 3.40. The van der Waals surface area contributed by atoms with E-state index >= 15 is 0 Å². The third-order valence-electron chi connectivity index (χ3n) is 4.08. The summed E-state index contributed by atoms with van der Waals surface area (Å²) in [5, 5.41) is 9.03. The number of aliphatic carboxylic acids is 1. The zero-order valence-electron chi connectivity index (χ0n) is 10.7. The molecule has 0 aromatic heterocycles. The number of carboxylic acid groups (broad SMARTS) is 1. The van der Waals surface area contributed by atoms with Gasteiger partial charge in [0.15, 0.2) is 0 Å². The largest absolute Gasteiger partial charge is 0.481 e. The van der Waals surface area contributed by atoms with E-state index < -0.39 is 5.97 Å². The van der Waals surface area contributed by atoms with Crippen molar-refractivity contribution in [1.82, 2.24) is 4.90 Å². The van der Waals surface area contributed by atoms with E-state index in [0.29, 0.717) is 6.42 Å². The average Bonchev–Trinajstić information content (AvgIpc) is 2.77. The summed E-state index contributed by atoms with van der Waals surface area (Å²) in [6.07, 6.45) is 4.51. The van der Waals surface area contributed by atoms with Crippen LogP contribution >= 0.6 is 11.8 Å². The van der Waals surface area contributed by atoms with Gasteiger partial charge in [-0.1, -0.05) is 12.8 Å². The van der Waals surface area contributed by atoms with Gasteiger partial charge in [-0.3, -0.25) is 9.59 Å². The Morgan fingerprint density at radius 1 is 1.11 bits per heavy atom. The van der Waals surface area contributed by atoms with Crippen LogP contribution < -0.4 is 0 Å². The molecule has 1 N–H and O–H groups in total. The minimum atomic E-state index is -0.765. The molecule has 0 aromatic carbocycles. The van der Waals surface area contributed by atoms with Crippen molar-refractivity contribution in [3.05, 3.63) is 0 Å². The zero-order valence-corrected chi connectivity index (χ0v) is 11.5. The van der Waals surface area contributed by atoms with Gasteiger partial charge in [-0.2, -0.15) is 11.8 Å². The zero-order chi connectivity index (χ0) is 13.0. The first kappa shape index (κ1) is 13.7. The maximum atomic E-state index is 12.3. The molecular weight excluding hydrogens is 250 g/mol. The Bertz CT molecular complexity index is 320. The standard InChI is InChI=1S/C13H21NO3S/c15-11(14-5-7-18-8-6-14)9-13(10-12(16)17)3-1-2-4-13/h1-10H2,(H,16,17). The van der Waals surface area contributed by atoms with Crippen LogP contribution in [0.1, 0.15) is 38.5 Å². The molecule has 0 bridgehead atoms. The van der Waals surface area contributed by atoms with Gasteiger partial charge in [0.05, 0.1) is 6.42 Å². The quantitative estimate of drug-likeness (QED) is 0.849. The Morgan fingerprint density at radius 2 is 1.72 bits per heavy atom. The predicted molar refractivity (Wildman–Crippen MR) is 71.7 cm³/mol. The van der Waals surface area contributed by atoms with Crippen LogP contribution in [-0.2, 0) is 9.59 Å². The lowest BCUT2D eigenvalue weighted by molar-refractivity contribution is -0.141. The van der Waals surface area contributed by atoms with E-state index in [-0.39, 0.29) is 17.7 Å². The van der Waals surface area contributed by atoms with Gasteiger partial charge in [0.25, 0.3) is 0 Å².